The van der Waals surface area contributed by atoms with E-state index >= 15 is 0 Å². The first-order chi connectivity index (χ1) is 13.8. The third-order valence-corrected chi connectivity index (χ3v) is 3.91. The van der Waals surface area contributed by atoms with Crippen LogP contribution in [0.5, 0.6) is 0 Å². The van der Waals surface area contributed by atoms with Crippen LogP contribution < -0.4 is 16.0 Å². The Balaban J connectivity index is 1.64. The van der Waals surface area contributed by atoms with Crippen LogP contribution in [0, 0.1) is 0 Å². The van der Waals surface area contributed by atoms with Gasteiger partial charge in [-0.3, -0.25) is 4.79 Å². The number of nitrogens with one attached hydrogen (secondary N) is 3. The van der Waals surface area contributed by atoms with Gasteiger partial charge in [0.25, 0.3) is 5.91 Å². The van der Waals surface area contributed by atoms with Crippen molar-refractivity contribution in [2.75, 3.05) is 16.0 Å². The van der Waals surface area contributed by atoms with Gasteiger partial charge in [-0.1, -0.05) is 30.3 Å². The van der Waals surface area contributed by atoms with Gasteiger partial charge < -0.3 is 16.0 Å². The molecule has 3 rings (SSSR count). The normalized spacial score (nSPS) is 10.9. The van der Waals surface area contributed by atoms with E-state index in [4.69, 9.17) is 0 Å². The molecule has 0 radical (unpaired) electrons. The molecule has 0 aliphatic carbocycles. The summed E-state index contributed by atoms with van der Waals surface area (Å²) in [5.41, 5.74) is -0.108. The Bertz CT molecular complexity index is 1000. The zero-order valence-corrected chi connectivity index (χ0v) is 15.0. The zero-order chi connectivity index (χ0) is 20.9. The van der Waals surface area contributed by atoms with Crippen molar-refractivity contribution < 1.29 is 22.8 Å². The van der Waals surface area contributed by atoms with E-state index in [0.29, 0.717) is 17.1 Å². The molecule has 0 fully saturated rings. The predicted octanol–water partition coefficient (Wildman–Crippen LogP) is 5.60. The smallest absolute Gasteiger partial charge is 0.322 e. The lowest BCUT2D eigenvalue weighted by molar-refractivity contribution is -0.137. The van der Waals surface area contributed by atoms with Crippen LogP contribution in [-0.2, 0) is 6.18 Å². The fourth-order valence-corrected chi connectivity index (χ4v) is 2.58. The van der Waals surface area contributed by atoms with Gasteiger partial charge in [0.1, 0.15) is 0 Å². The van der Waals surface area contributed by atoms with Crippen molar-refractivity contribution in [3.8, 4) is 0 Å². The van der Waals surface area contributed by atoms with E-state index < -0.39 is 29.2 Å². The minimum Gasteiger partial charge on any atom is -0.322 e. The summed E-state index contributed by atoms with van der Waals surface area (Å²) >= 11 is 0. The highest BCUT2D eigenvalue weighted by Crippen LogP contribution is 2.32. The molecule has 5 nitrogen and oxygen atoms in total. The predicted molar refractivity (Wildman–Crippen MR) is 105 cm³/mol. The molecule has 3 amide bonds. The maximum Gasteiger partial charge on any atom is 0.417 e. The Morgan fingerprint density at radius 2 is 1.10 bits per heavy atom. The van der Waals surface area contributed by atoms with Crippen LogP contribution in [0.2, 0.25) is 0 Å². The maximum atomic E-state index is 13.1. The molecular formula is C21H16F3N3O2. The molecule has 0 aromatic heterocycles. The van der Waals surface area contributed by atoms with E-state index in [1.165, 1.54) is 36.4 Å². The quantitative estimate of drug-likeness (QED) is 0.534. The number of alkyl halides is 3. The molecule has 3 aromatic carbocycles. The van der Waals surface area contributed by atoms with E-state index in [2.05, 4.69) is 16.0 Å². The second kappa shape index (κ2) is 8.47. The minimum absolute atomic E-state index is 0.293. The largest absolute Gasteiger partial charge is 0.417 e. The lowest BCUT2D eigenvalue weighted by Crippen LogP contribution is -2.19. The Kier molecular flexibility index (Phi) is 5.82. The molecule has 0 saturated carbocycles. The fraction of sp³-hybridized carbons (Fsp3) is 0.0476. The van der Waals surface area contributed by atoms with E-state index in [1.54, 1.807) is 24.3 Å². The number of carbonyl (C=O) groups is 2. The van der Waals surface area contributed by atoms with Gasteiger partial charge in [0.05, 0.1) is 11.1 Å². The number of rotatable bonds is 4. The minimum atomic E-state index is -4.63. The van der Waals surface area contributed by atoms with Crippen LogP contribution in [-0.4, -0.2) is 11.9 Å². The van der Waals surface area contributed by atoms with Crippen molar-refractivity contribution in [1.29, 1.82) is 0 Å². The number of carbonyl (C=O) groups excluding carboxylic acids is 2. The SMILES string of the molecule is O=C(Nc1ccccc1)Nc1ccc(NC(=O)c2ccccc2C(F)(F)F)cc1. The summed E-state index contributed by atoms with van der Waals surface area (Å²) in [5, 5.41) is 7.70. The van der Waals surface area contributed by atoms with Crippen molar-refractivity contribution >= 4 is 29.0 Å². The van der Waals surface area contributed by atoms with Crippen molar-refractivity contribution in [3.05, 3.63) is 90.0 Å². The summed E-state index contributed by atoms with van der Waals surface area (Å²) in [5.74, 6) is -0.875. The fourth-order valence-electron chi connectivity index (χ4n) is 2.58. The van der Waals surface area contributed by atoms with Crippen LogP contribution in [0.1, 0.15) is 15.9 Å². The molecule has 0 atom stereocenters. The van der Waals surface area contributed by atoms with Gasteiger partial charge in [-0.25, -0.2) is 4.79 Å². The Morgan fingerprint density at radius 1 is 0.621 bits per heavy atom. The van der Waals surface area contributed by atoms with E-state index in [-0.39, 0.29) is 0 Å². The molecule has 0 spiro atoms. The molecule has 0 bridgehead atoms. The second-order valence-corrected chi connectivity index (χ2v) is 6.02. The summed E-state index contributed by atoms with van der Waals surface area (Å²) in [4.78, 5) is 24.2. The summed E-state index contributed by atoms with van der Waals surface area (Å²) in [6.45, 7) is 0. The molecule has 0 heterocycles. The number of amides is 3. The van der Waals surface area contributed by atoms with Gasteiger partial charge in [-0.15, -0.1) is 0 Å². The van der Waals surface area contributed by atoms with Gasteiger partial charge in [-0.2, -0.15) is 13.2 Å². The first kappa shape index (κ1) is 19.9. The van der Waals surface area contributed by atoms with Crippen LogP contribution in [0.4, 0.5) is 35.0 Å². The Morgan fingerprint density at radius 3 is 1.69 bits per heavy atom. The first-order valence-electron chi connectivity index (χ1n) is 8.53. The number of urea groups is 1. The highest BCUT2D eigenvalue weighted by Gasteiger charge is 2.34. The molecule has 29 heavy (non-hydrogen) atoms. The van der Waals surface area contributed by atoms with Gasteiger partial charge >= 0.3 is 12.2 Å². The number of hydrogen-bond acceptors (Lipinski definition) is 2. The van der Waals surface area contributed by atoms with Crippen molar-refractivity contribution in [1.82, 2.24) is 0 Å². The molecule has 3 aromatic rings. The Hall–Kier alpha value is -3.81. The summed E-state index contributed by atoms with van der Waals surface area (Å²) in [7, 11) is 0. The highest BCUT2D eigenvalue weighted by molar-refractivity contribution is 6.05. The standard InChI is InChI=1S/C21H16F3N3O2/c22-21(23,24)18-9-5-4-8-17(18)19(28)25-15-10-12-16(13-11-15)27-20(29)26-14-6-2-1-3-7-14/h1-13H,(H,25,28)(H2,26,27,29). The maximum absolute atomic E-state index is 13.1. The van der Waals surface area contributed by atoms with E-state index in [9.17, 15) is 22.8 Å². The van der Waals surface area contributed by atoms with Crippen molar-refractivity contribution in [2.45, 2.75) is 6.18 Å². The highest BCUT2D eigenvalue weighted by atomic mass is 19.4. The molecular weight excluding hydrogens is 383 g/mol. The number of anilines is 3. The summed E-state index contributed by atoms with van der Waals surface area (Å²) < 4.78 is 39.2. The number of hydrogen-bond donors (Lipinski definition) is 3. The summed E-state index contributed by atoms with van der Waals surface area (Å²) in [6.07, 6.45) is -4.63. The van der Waals surface area contributed by atoms with E-state index in [0.717, 1.165) is 12.1 Å². The van der Waals surface area contributed by atoms with E-state index in [1.807, 2.05) is 6.07 Å². The molecule has 3 N–H and O–H groups in total. The molecule has 0 unspecified atom stereocenters. The average Bonchev–Trinajstić information content (AvgIpc) is 2.69. The lowest BCUT2D eigenvalue weighted by atomic mass is 10.1. The van der Waals surface area contributed by atoms with Gasteiger partial charge in [-0.05, 0) is 48.5 Å². The summed E-state index contributed by atoms with van der Waals surface area (Å²) in [6, 6.07) is 19.0. The van der Waals surface area contributed by atoms with Crippen LogP contribution in [0.25, 0.3) is 0 Å². The molecule has 8 heteroatoms. The van der Waals surface area contributed by atoms with Gasteiger partial charge in [0, 0.05) is 17.1 Å². The second-order valence-electron chi connectivity index (χ2n) is 6.02. The first-order valence-corrected chi connectivity index (χ1v) is 8.53. The van der Waals surface area contributed by atoms with Crippen LogP contribution in [0.15, 0.2) is 78.9 Å². The number of benzene rings is 3. The number of halogens is 3. The average molecular weight is 399 g/mol. The van der Waals surface area contributed by atoms with Crippen molar-refractivity contribution in [3.63, 3.8) is 0 Å². The number of para-hydroxylation sites is 1. The Labute approximate surface area is 164 Å². The molecule has 0 saturated heterocycles. The third kappa shape index (κ3) is 5.35. The van der Waals surface area contributed by atoms with Crippen molar-refractivity contribution in [2.24, 2.45) is 0 Å². The molecule has 148 valence electrons. The molecule has 0 aliphatic rings. The third-order valence-electron chi connectivity index (χ3n) is 3.91. The lowest BCUT2D eigenvalue weighted by Gasteiger charge is -2.13. The topological polar surface area (TPSA) is 70.2 Å². The van der Waals surface area contributed by atoms with Gasteiger partial charge in [0.15, 0.2) is 0 Å². The van der Waals surface area contributed by atoms with Crippen LogP contribution >= 0.6 is 0 Å². The zero-order valence-electron chi connectivity index (χ0n) is 15.0. The monoisotopic (exact) mass is 399 g/mol. The van der Waals surface area contributed by atoms with Gasteiger partial charge in [0.2, 0.25) is 0 Å². The van der Waals surface area contributed by atoms with Crippen LogP contribution in [0.3, 0.4) is 0 Å². The molecule has 0 aliphatic heterocycles.